The van der Waals surface area contributed by atoms with Crippen LogP contribution in [-0.2, 0) is 14.8 Å². The number of carbonyl (C=O) groups is 1. The van der Waals surface area contributed by atoms with E-state index in [2.05, 4.69) is 5.32 Å². The van der Waals surface area contributed by atoms with Gasteiger partial charge < -0.3 is 10.1 Å². The third-order valence-corrected chi connectivity index (χ3v) is 7.10. The SMILES string of the molecule is O=C(NC1CCCCC1)C1CN(S(=O)(=O)c2ccccc2)c2ccccc2O1. The Morgan fingerprint density at radius 2 is 1.64 bits per heavy atom. The smallest absolute Gasteiger partial charge is 0.264 e. The van der Waals surface area contributed by atoms with Gasteiger partial charge in [-0.3, -0.25) is 9.10 Å². The molecule has 2 aromatic rings. The molecule has 6 nitrogen and oxygen atoms in total. The monoisotopic (exact) mass is 400 g/mol. The lowest BCUT2D eigenvalue weighted by Crippen LogP contribution is -2.52. The summed E-state index contributed by atoms with van der Waals surface area (Å²) in [6, 6.07) is 15.3. The second-order valence-electron chi connectivity index (χ2n) is 7.27. The number of carbonyl (C=O) groups excluding carboxylic acids is 1. The topological polar surface area (TPSA) is 75.7 Å². The summed E-state index contributed by atoms with van der Waals surface area (Å²) < 4.78 is 33.7. The largest absolute Gasteiger partial charge is 0.476 e. The van der Waals surface area contributed by atoms with Crippen molar-refractivity contribution in [3.63, 3.8) is 0 Å². The molecule has 7 heteroatoms. The van der Waals surface area contributed by atoms with Gasteiger partial charge in [0.2, 0.25) is 0 Å². The predicted molar refractivity (Wildman–Crippen MR) is 107 cm³/mol. The minimum atomic E-state index is -3.80. The Morgan fingerprint density at radius 3 is 2.39 bits per heavy atom. The maximum Gasteiger partial charge on any atom is 0.264 e. The fourth-order valence-corrected chi connectivity index (χ4v) is 5.32. The molecule has 148 valence electrons. The summed E-state index contributed by atoms with van der Waals surface area (Å²) >= 11 is 0. The summed E-state index contributed by atoms with van der Waals surface area (Å²) in [6.07, 6.45) is 4.45. The van der Waals surface area contributed by atoms with Crippen molar-refractivity contribution in [3.05, 3.63) is 54.6 Å². The van der Waals surface area contributed by atoms with Gasteiger partial charge in [-0.15, -0.1) is 0 Å². The zero-order valence-electron chi connectivity index (χ0n) is 15.6. The number of fused-ring (bicyclic) bond motifs is 1. The van der Waals surface area contributed by atoms with E-state index in [9.17, 15) is 13.2 Å². The van der Waals surface area contributed by atoms with Crippen molar-refractivity contribution in [2.24, 2.45) is 0 Å². The molecule has 1 atom stereocenters. The van der Waals surface area contributed by atoms with Gasteiger partial charge in [-0.25, -0.2) is 8.42 Å². The van der Waals surface area contributed by atoms with E-state index < -0.39 is 16.1 Å². The molecule has 28 heavy (non-hydrogen) atoms. The molecule has 0 bridgehead atoms. The molecule has 2 aromatic carbocycles. The summed E-state index contributed by atoms with van der Waals surface area (Å²) in [7, 11) is -3.80. The minimum absolute atomic E-state index is 0.0488. The lowest BCUT2D eigenvalue weighted by atomic mass is 9.95. The van der Waals surface area contributed by atoms with Gasteiger partial charge in [0.05, 0.1) is 17.1 Å². The van der Waals surface area contributed by atoms with Gasteiger partial charge in [0.25, 0.3) is 15.9 Å². The van der Waals surface area contributed by atoms with Crippen LogP contribution in [0, 0.1) is 0 Å². The first-order valence-electron chi connectivity index (χ1n) is 9.69. The Morgan fingerprint density at radius 1 is 0.964 bits per heavy atom. The van der Waals surface area contributed by atoms with Crippen LogP contribution < -0.4 is 14.4 Å². The minimum Gasteiger partial charge on any atom is -0.476 e. The molecule has 1 aliphatic heterocycles. The predicted octanol–water partition coefficient (Wildman–Crippen LogP) is 3.09. The molecular weight excluding hydrogens is 376 g/mol. The fraction of sp³-hybridized carbons (Fsp3) is 0.381. The van der Waals surface area contributed by atoms with Crippen LogP contribution in [0.25, 0.3) is 0 Å². The quantitative estimate of drug-likeness (QED) is 0.856. The van der Waals surface area contributed by atoms with E-state index in [1.165, 1.54) is 10.7 Å². The summed E-state index contributed by atoms with van der Waals surface area (Å²) in [6.45, 7) is -0.0488. The van der Waals surface area contributed by atoms with E-state index in [-0.39, 0.29) is 23.4 Å². The van der Waals surface area contributed by atoms with Crippen LogP contribution in [-0.4, -0.2) is 33.0 Å². The number of rotatable bonds is 4. The Bertz CT molecular complexity index is 940. The molecule has 1 unspecified atom stereocenters. The van der Waals surface area contributed by atoms with E-state index in [1.807, 2.05) is 0 Å². The standard InChI is InChI=1S/C21H24N2O4S/c24-21(22-16-9-3-1-4-10-16)20-15-23(18-13-7-8-14-19(18)27-20)28(25,26)17-11-5-2-6-12-17/h2,5-8,11-14,16,20H,1,3-4,9-10,15H2,(H,22,24). The zero-order valence-corrected chi connectivity index (χ0v) is 16.4. The Balaban J connectivity index is 1.62. The van der Waals surface area contributed by atoms with E-state index in [4.69, 9.17) is 4.74 Å². The Kier molecular flexibility index (Phi) is 5.26. The van der Waals surface area contributed by atoms with Crippen molar-refractivity contribution in [2.45, 2.75) is 49.1 Å². The van der Waals surface area contributed by atoms with Gasteiger partial charge in [0, 0.05) is 6.04 Å². The molecule has 1 N–H and O–H groups in total. The van der Waals surface area contributed by atoms with E-state index in [0.717, 1.165) is 25.7 Å². The molecule has 1 amide bonds. The summed E-state index contributed by atoms with van der Waals surface area (Å²) in [5.41, 5.74) is 0.452. The van der Waals surface area contributed by atoms with Crippen molar-refractivity contribution in [3.8, 4) is 5.75 Å². The van der Waals surface area contributed by atoms with Crippen molar-refractivity contribution >= 4 is 21.6 Å². The number of ether oxygens (including phenoxy) is 1. The first-order chi connectivity index (χ1) is 13.6. The number of hydrogen-bond donors (Lipinski definition) is 1. The van der Waals surface area contributed by atoms with Crippen LogP contribution in [0.2, 0.25) is 0 Å². The maximum atomic E-state index is 13.2. The lowest BCUT2D eigenvalue weighted by molar-refractivity contribution is -0.128. The highest BCUT2D eigenvalue weighted by Gasteiger charge is 2.37. The van der Waals surface area contributed by atoms with E-state index in [1.54, 1.807) is 54.6 Å². The highest BCUT2D eigenvalue weighted by molar-refractivity contribution is 7.92. The van der Waals surface area contributed by atoms with Gasteiger partial charge in [-0.05, 0) is 37.1 Å². The molecule has 0 spiro atoms. The average molecular weight is 401 g/mol. The molecule has 0 radical (unpaired) electrons. The van der Waals surface area contributed by atoms with Gasteiger partial charge in [0.15, 0.2) is 6.10 Å². The molecule has 2 aliphatic rings. The molecule has 1 saturated carbocycles. The van der Waals surface area contributed by atoms with Crippen molar-refractivity contribution < 1.29 is 17.9 Å². The zero-order chi connectivity index (χ0) is 19.6. The number of nitrogens with one attached hydrogen (secondary N) is 1. The van der Waals surface area contributed by atoms with E-state index >= 15 is 0 Å². The average Bonchev–Trinajstić information content (AvgIpc) is 2.74. The van der Waals surface area contributed by atoms with Crippen LogP contribution in [0.1, 0.15) is 32.1 Å². The molecule has 1 fully saturated rings. The van der Waals surface area contributed by atoms with Crippen LogP contribution in [0.3, 0.4) is 0 Å². The second-order valence-corrected chi connectivity index (χ2v) is 9.13. The first-order valence-corrected chi connectivity index (χ1v) is 11.1. The third kappa shape index (κ3) is 3.71. The number of para-hydroxylation sites is 2. The number of benzene rings is 2. The number of sulfonamides is 1. The highest BCUT2D eigenvalue weighted by atomic mass is 32.2. The molecule has 0 saturated heterocycles. The summed E-state index contributed by atoms with van der Waals surface area (Å²) in [5, 5.41) is 3.05. The van der Waals surface area contributed by atoms with E-state index in [0.29, 0.717) is 11.4 Å². The normalized spacial score (nSPS) is 20.1. The van der Waals surface area contributed by atoms with Crippen LogP contribution >= 0.6 is 0 Å². The van der Waals surface area contributed by atoms with Crippen molar-refractivity contribution in [2.75, 3.05) is 10.8 Å². The molecule has 0 aromatic heterocycles. The van der Waals surface area contributed by atoms with Crippen LogP contribution in [0.5, 0.6) is 5.75 Å². The summed E-state index contributed by atoms with van der Waals surface area (Å²) in [5.74, 6) is 0.145. The number of nitrogens with zero attached hydrogens (tertiary/aromatic N) is 1. The maximum absolute atomic E-state index is 13.2. The molecule has 1 aliphatic carbocycles. The van der Waals surface area contributed by atoms with Gasteiger partial charge in [0.1, 0.15) is 5.75 Å². The molecular formula is C21H24N2O4S. The summed E-state index contributed by atoms with van der Waals surface area (Å²) in [4.78, 5) is 13.0. The second kappa shape index (κ2) is 7.83. The number of amides is 1. The van der Waals surface area contributed by atoms with Gasteiger partial charge in [-0.2, -0.15) is 0 Å². The van der Waals surface area contributed by atoms with Crippen LogP contribution in [0.4, 0.5) is 5.69 Å². The number of anilines is 1. The highest BCUT2D eigenvalue weighted by Crippen LogP contribution is 2.36. The van der Waals surface area contributed by atoms with Gasteiger partial charge >= 0.3 is 0 Å². The third-order valence-electron chi connectivity index (χ3n) is 5.31. The Labute approximate surface area is 165 Å². The first kappa shape index (κ1) is 18.8. The Hall–Kier alpha value is -2.54. The molecule has 1 heterocycles. The molecule has 4 rings (SSSR count). The van der Waals surface area contributed by atoms with Crippen molar-refractivity contribution in [1.82, 2.24) is 5.32 Å². The number of hydrogen-bond acceptors (Lipinski definition) is 4. The van der Waals surface area contributed by atoms with Gasteiger partial charge in [-0.1, -0.05) is 49.6 Å². The lowest BCUT2D eigenvalue weighted by Gasteiger charge is -2.35. The van der Waals surface area contributed by atoms with Crippen LogP contribution in [0.15, 0.2) is 59.5 Å². The fourth-order valence-electron chi connectivity index (χ4n) is 3.83. The van der Waals surface area contributed by atoms with Crippen molar-refractivity contribution in [1.29, 1.82) is 0 Å².